The minimum Gasteiger partial charge on any atom is -0.399 e. The van der Waals surface area contributed by atoms with Gasteiger partial charge in [-0.3, -0.25) is 4.79 Å². The summed E-state index contributed by atoms with van der Waals surface area (Å²) in [6.07, 6.45) is 3.46. The Morgan fingerprint density at radius 3 is 2.53 bits per heavy atom. The highest BCUT2D eigenvalue weighted by molar-refractivity contribution is 5.94. The van der Waals surface area contributed by atoms with Crippen LogP contribution in [0.4, 0.5) is 5.69 Å². The van der Waals surface area contributed by atoms with Crippen molar-refractivity contribution in [2.75, 3.05) is 12.3 Å². The number of halogens is 1. The number of hydrogen-bond donors (Lipinski definition) is 1. The molecule has 1 heterocycles. The molecule has 0 saturated carbocycles. The number of anilines is 1. The number of nitrogen functional groups attached to an aromatic ring is 1. The fourth-order valence-electron chi connectivity index (χ4n) is 2.19. The summed E-state index contributed by atoms with van der Waals surface area (Å²) in [6.45, 7) is 3.00. The van der Waals surface area contributed by atoms with Gasteiger partial charge in [-0.05, 0) is 50.5 Å². The van der Waals surface area contributed by atoms with Crippen LogP contribution < -0.4 is 5.73 Å². The number of piperidine rings is 1. The maximum Gasteiger partial charge on any atom is 0.254 e. The van der Waals surface area contributed by atoms with Gasteiger partial charge in [0.15, 0.2) is 0 Å². The third kappa shape index (κ3) is 3.13. The highest BCUT2D eigenvalue weighted by Gasteiger charge is 2.23. The van der Waals surface area contributed by atoms with E-state index < -0.39 is 0 Å². The SMILES string of the molecule is CC1CCCCN1C(=O)c1ccc(N)cc1.Cl. The number of nitrogens with two attached hydrogens (primary N) is 1. The van der Waals surface area contributed by atoms with Crippen LogP contribution in [-0.2, 0) is 0 Å². The Morgan fingerprint density at radius 1 is 1.29 bits per heavy atom. The summed E-state index contributed by atoms with van der Waals surface area (Å²) in [5, 5.41) is 0. The maximum absolute atomic E-state index is 12.2. The lowest BCUT2D eigenvalue weighted by molar-refractivity contribution is 0.0635. The molecule has 0 radical (unpaired) electrons. The molecule has 1 amide bonds. The lowest BCUT2D eigenvalue weighted by Gasteiger charge is -2.33. The molecule has 0 spiro atoms. The van der Waals surface area contributed by atoms with E-state index in [1.54, 1.807) is 24.3 Å². The van der Waals surface area contributed by atoms with Gasteiger partial charge in [0, 0.05) is 23.8 Å². The van der Waals surface area contributed by atoms with Crippen LogP contribution in [0.2, 0.25) is 0 Å². The van der Waals surface area contributed by atoms with Gasteiger partial charge in [-0.1, -0.05) is 0 Å². The molecule has 17 heavy (non-hydrogen) atoms. The minimum atomic E-state index is 0. The zero-order valence-electron chi connectivity index (χ0n) is 10.1. The first-order chi connectivity index (χ1) is 7.68. The summed E-state index contributed by atoms with van der Waals surface area (Å²) in [5.41, 5.74) is 7.04. The van der Waals surface area contributed by atoms with Crippen LogP contribution in [0.15, 0.2) is 24.3 Å². The van der Waals surface area contributed by atoms with E-state index in [1.165, 1.54) is 6.42 Å². The summed E-state index contributed by atoms with van der Waals surface area (Å²) in [5.74, 6) is 0.132. The predicted octanol–water partition coefficient (Wildman–Crippen LogP) is 2.71. The predicted molar refractivity (Wildman–Crippen MR) is 72.5 cm³/mol. The molecule has 0 aromatic heterocycles. The molecule has 1 saturated heterocycles. The molecule has 2 rings (SSSR count). The van der Waals surface area contributed by atoms with E-state index in [-0.39, 0.29) is 18.3 Å². The number of carbonyl (C=O) groups excluding carboxylic acids is 1. The third-order valence-corrected chi connectivity index (χ3v) is 3.22. The number of benzene rings is 1. The Hall–Kier alpha value is -1.22. The molecule has 1 atom stereocenters. The van der Waals surface area contributed by atoms with Gasteiger partial charge >= 0.3 is 0 Å². The number of amides is 1. The minimum absolute atomic E-state index is 0. The van der Waals surface area contributed by atoms with Gasteiger partial charge in [0.25, 0.3) is 5.91 Å². The highest BCUT2D eigenvalue weighted by Crippen LogP contribution is 2.19. The first-order valence-corrected chi connectivity index (χ1v) is 5.85. The molecule has 0 bridgehead atoms. The lowest BCUT2D eigenvalue weighted by atomic mass is 10.0. The topological polar surface area (TPSA) is 46.3 Å². The molecule has 1 unspecified atom stereocenters. The molecule has 4 heteroatoms. The van der Waals surface area contributed by atoms with Crippen LogP contribution in [-0.4, -0.2) is 23.4 Å². The molecular formula is C13H19ClN2O. The van der Waals surface area contributed by atoms with Gasteiger partial charge in [-0.2, -0.15) is 0 Å². The molecule has 1 aliphatic rings. The van der Waals surface area contributed by atoms with E-state index in [4.69, 9.17) is 5.73 Å². The Morgan fingerprint density at radius 2 is 1.94 bits per heavy atom. The molecule has 1 fully saturated rings. The van der Waals surface area contributed by atoms with Gasteiger partial charge < -0.3 is 10.6 Å². The first kappa shape index (κ1) is 13.8. The number of nitrogens with zero attached hydrogens (tertiary/aromatic N) is 1. The quantitative estimate of drug-likeness (QED) is 0.784. The van der Waals surface area contributed by atoms with Crippen molar-refractivity contribution in [3.8, 4) is 0 Å². The van der Waals surface area contributed by atoms with Crippen LogP contribution in [0, 0.1) is 0 Å². The Bertz CT molecular complexity index is 378. The van der Waals surface area contributed by atoms with Crippen molar-refractivity contribution in [3.05, 3.63) is 29.8 Å². The Labute approximate surface area is 108 Å². The number of carbonyl (C=O) groups is 1. The Kier molecular flexibility index (Phi) is 4.82. The van der Waals surface area contributed by atoms with Crippen LogP contribution in [0.1, 0.15) is 36.5 Å². The smallest absolute Gasteiger partial charge is 0.254 e. The van der Waals surface area contributed by atoms with Crippen molar-refractivity contribution in [2.45, 2.75) is 32.2 Å². The summed E-state index contributed by atoms with van der Waals surface area (Å²) in [6, 6.07) is 7.53. The van der Waals surface area contributed by atoms with Crippen molar-refractivity contribution in [1.82, 2.24) is 4.90 Å². The van der Waals surface area contributed by atoms with Crippen molar-refractivity contribution >= 4 is 24.0 Å². The third-order valence-electron chi connectivity index (χ3n) is 3.22. The zero-order valence-corrected chi connectivity index (χ0v) is 10.9. The first-order valence-electron chi connectivity index (χ1n) is 5.85. The molecule has 2 N–H and O–H groups in total. The molecule has 0 aliphatic carbocycles. The van der Waals surface area contributed by atoms with Crippen molar-refractivity contribution in [1.29, 1.82) is 0 Å². The molecule has 94 valence electrons. The lowest BCUT2D eigenvalue weighted by Crippen LogP contribution is -2.41. The zero-order chi connectivity index (χ0) is 11.5. The molecule has 1 aliphatic heterocycles. The second kappa shape index (κ2) is 5.92. The van der Waals surface area contributed by atoms with E-state index in [1.807, 2.05) is 4.90 Å². The van der Waals surface area contributed by atoms with Gasteiger partial charge in [0.05, 0.1) is 0 Å². The van der Waals surface area contributed by atoms with Crippen LogP contribution in [0.5, 0.6) is 0 Å². The average molecular weight is 255 g/mol. The molecule has 1 aromatic rings. The van der Waals surface area contributed by atoms with E-state index >= 15 is 0 Å². The molecule has 3 nitrogen and oxygen atoms in total. The van der Waals surface area contributed by atoms with Crippen LogP contribution in [0.25, 0.3) is 0 Å². The van der Waals surface area contributed by atoms with Gasteiger partial charge in [-0.25, -0.2) is 0 Å². The molecular weight excluding hydrogens is 236 g/mol. The average Bonchev–Trinajstić information content (AvgIpc) is 2.30. The summed E-state index contributed by atoms with van der Waals surface area (Å²) >= 11 is 0. The Balaban J connectivity index is 0.00000144. The number of rotatable bonds is 1. The fraction of sp³-hybridized carbons (Fsp3) is 0.462. The van der Waals surface area contributed by atoms with Gasteiger partial charge in [0.2, 0.25) is 0 Å². The highest BCUT2D eigenvalue weighted by atomic mass is 35.5. The summed E-state index contributed by atoms with van der Waals surface area (Å²) in [4.78, 5) is 14.2. The van der Waals surface area contributed by atoms with Crippen molar-refractivity contribution in [3.63, 3.8) is 0 Å². The standard InChI is InChI=1S/C13H18N2O.ClH/c1-10-4-2-3-9-15(10)13(16)11-5-7-12(14)8-6-11;/h5-8,10H,2-4,9,14H2,1H3;1H. The van der Waals surface area contributed by atoms with Crippen LogP contribution >= 0.6 is 12.4 Å². The second-order valence-corrected chi connectivity index (χ2v) is 4.47. The van der Waals surface area contributed by atoms with E-state index in [0.717, 1.165) is 24.9 Å². The van der Waals surface area contributed by atoms with Gasteiger partial charge in [-0.15, -0.1) is 12.4 Å². The second-order valence-electron chi connectivity index (χ2n) is 4.47. The largest absolute Gasteiger partial charge is 0.399 e. The fourth-order valence-corrected chi connectivity index (χ4v) is 2.19. The normalized spacial score (nSPS) is 19.6. The number of likely N-dealkylation sites (tertiary alicyclic amines) is 1. The van der Waals surface area contributed by atoms with E-state index in [2.05, 4.69) is 6.92 Å². The van der Waals surface area contributed by atoms with E-state index in [9.17, 15) is 4.79 Å². The van der Waals surface area contributed by atoms with Gasteiger partial charge in [0.1, 0.15) is 0 Å². The summed E-state index contributed by atoms with van der Waals surface area (Å²) in [7, 11) is 0. The van der Waals surface area contributed by atoms with Crippen molar-refractivity contribution in [2.24, 2.45) is 0 Å². The van der Waals surface area contributed by atoms with Crippen LogP contribution in [0.3, 0.4) is 0 Å². The molecule has 1 aromatic carbocycles. The van der Waals surface area contributed by atoms with Crippen molar-refractivity contribution < 1.29 is 4.79 Å². The maximum atomic E-state index is 12.2. The van der Waals surface area contributed by atoms with E-state index in [0.29, 0.717) is 11.7 Å². The monoisotopic (exact) mass is 254 g/mol. The number of hydrogen-bond acceptors (Lipinski definition) is 2. The summed E-state index contributed by atoms with van der Waals surface area (Å²) < 4.78 is 0.